The Morgan fingerprint density at radius 3 is 2.56 bits per heavy atom. The molecule has 138 valence electrons. The molecule has 1 fully saturated rings. The van der Waals surface area contributed by atoms with E-state index in [0.717, 1.165) is 31.2 Å². The number of nitrogens with one attached hydrogen (secondary N) is 2. The summed E-state index contributed by atoms with van der Waals surface area (Å²) >= 11 is 0. The molecule has 0 radical (unpaired) electrons. The quantitative estimate of drug-likeness (QED) is 0.596. The second-order valence-corrected chi connectivity index (χ2v) is 6.73. The van der Waals surface area contributed by atoms with Gasteiger partial charge in [0.2, 0.25) is 5.91 Å². The Hall–Kier alpha value is -2.08. The molecule has 4 N–H and O–H groups in total. The first-order valence-corrected chi connectivity index (χ1v) is 9.04. The number of hydrogen-bond donors (Lipinski definition) is 3. The van der Waals surface area contributed by atoms with Crippen LogP contribution in [0.3, 0.4) is 0 Å². The van der Waals surface area contributed by atoms with Gasteiger partial charge >= 0.3 is 0 Å². The summed E-state index contributed by atoms with van der Waals surface area (Å²) in [5.74, 6) is 0.661. The van der Waals surface area contributed by atoms with E-state index in [1.807, 2.05) is 38.1 Å². The highest BCUT2D eigenvalue weighted by molar-refractivity contribution is 5.81. The third-order valence-corrected chi connectivity index (χ3v) is 4.51. The molecule has 25 heavy (non-hydrogen) atoms. The molecule has 0 bridgehead atoms. The molecule has 1 saturated carbocycles. The summed E-state index contributed by atoms with van der Waals surface area (Å²) in [5, 5.41) is 5.76. The number of carbonyl (C=O) groups is 2. The Morgan fingerprint density at radius 1 is 1.28 bits per heavy atom. The second-order valence-electron chi connectivity index (χ2n) is 6.73. The summed E-state index contributed by atoms with van der Waals surface area (Å²) in [6.07, 6.45) is 3.74. The molecule has 0 aromatic heterocycles. The third kappa shape index (κ3) is 6.74. The maximum absolute atomic E-state index is 11.9. The number of rotatable bonds is 10. The Balaban J connectivity index is 1.67. The fraction of sp³-hybridized carbons (Fsp3) is 0.579. The lowest BCUT2D eigenvalue weighted by Crippen LogP contribution is -2.45. The van der Waals surface area contributed by atoms with Crippen LogP contribution in [0.4, 0.5) is 0 Å². The standard InChI is InChI=1S/C19H29N3O3/c1-3-13(2)18(20)19(24)21-11-10-14-4-8-16(9-5-14)25-12-17(23)22-15-6-7-15/h4-5,8-9,13,15,18H,3,6-7,10-12,20H2,1-2H3,(H,21,24)(H,22,23). The first-order valence-electron chi connectivity index (χ1n) is 9.04. The van der Waals surface area contributed by atoms with Gasteiger partial charge in [-0.15, -0.1) is 0 Å². The van der Waals surface area contributed by atoms with Gasteiger partial charge in [-0.1, -0.05) is 32.4 Å². The molecule has 2 rings (SSSR count). The van der Waals surface area contributed by atoms with Crippen molar-refractivity contribution in [1.29, 1.82) is 0 Å². The van der Waals surface area contributed by atoms with Crippen LogP contribution in [0.25, 0.3) is 0 Å². The molecule has 1 aromatic carbocycles. The largest absolute Gasteiger partial charge is 0.484 e. The van der Waals surface area contributed by atoms with Crippen LogP contribution in [0, 0.1) is 5.92 Å². The van der Waals surface area contributed by atoms with Crippen molar-refractivity contribution in [3.63, 3.8) is 0 Å². The van der Waals surface area contributed by atoms with Gasteiger partial charge in [0.25, 0.3) is 5.91 Å². The van der Waals surface area contributed by atoms with Crippen LogP contribution in [0.15, 0.2) is 24.3 Å². The molecule has 6 nitrogen and oxygen atoms in total. The fourth-order valence-electron chi connectivity index (χ4n) is 2.36. The molecule has 1 aliphatic carbocycles. The zero-order chi connectivity index (χ0) is 18.2. The van der Waals surface area contributed by atoms with Crippen LogP contribution in [-0.2, 0) is 16.0 Å². The van der Waals surface area contributed by atoms with Crippen molar-refractivity contribution in [1.82, 2.24) is 10.6 Å². The Morgan fingerprint density at radius 2 is 1.96 bits per heavy atom. The average Bonchev–Trinajstić information content (AvgIpc) is 3.43. The van der Waals surface area contributed by atoms with Crippen LogP contribution in [-0.4, -0.2) is 37.0 Å². The summed E-state index contributed by atoms with van der Waals surface area (Å²) in [7, 11) is 0. The van der Waals surface area contributed by atoms with Crippen LogP contribution in [0.1, 0.15) is 38.7 Å². The second kappa shape index (κ2) is 9.42. The van der Waals surface area contributed by atoms with Crippen molar-refractivity contribution in [3.05, 3.63) is 29.8 Å². The molecule has 0 heterocycles. The van der Waals surface area contributed by atoms with Gasteiger partial charge in [0, 0.05) is 12.6 Å². The molecular formula is C19H29N3O3. The van der Waals surface area contributed by atoms with E-state index in [1.54, 1.807) is 0 Å². The van der Waals surface area contributed by atoms with E-state index in [0.29, 0.717) is 18.3 Å². The molecule has 0 saturated heterocycles. The van der Waals surface area contributed by atoms with E-state index in [4.69, 9.17) is 10.5 Å². The predicted molar refractivity (Wildman–Crippen MR) is 97.2 cm³/mol. The highest BCUT2D eigenvalue weighted by Crippen LogP contribution is 2.18. The Kier molecular flexibility index (Phi) is 7.25. The third-order valence-electron chi connectivity index (χ3n) is 4.51. The van der Waals surface area contributed by atoms with Gasteiger partial charge in [0.05, 0.1) is 6.04 Å². The fourth-order valence-corrected chi connectivity index (χ4v) is 2.36. The Labute approximate surface area is 149 Å². The first kappa shape index (κ1) is 19.2. The lowest BCUT2D eigenvalue weighted by Gasteiger charge is -2.17. The molecule has 2 amide bonds. The van der Waals surface area contributed by atoms with Gasteiger partial charge in [-0.25, -0.2) is 0 Å². The van der Waals surface area contributed by atoms with Crippen molar-refractivity contribution in [2.45, 2.75) is 51.6 Å². The number of nitrogens with two attached hydrogens (primary N) is 1. The van der Waals surface area contributed by atoms with E-state index in [1.165, 1.54) is 0 Å². The highest BCUT2D eigenvalue weighted by Gasteiger charge is 2.23. The number of benzene rings is 1. The van der Waals surface area contributed by atoms with E-state index in [-0.39, 0.29) is 24.3 Å². The smallest absolute Gasteiger partial charge is 0.258 e. The van der Waals surface area contributed by atoms with Crippen LogP contribution < -0.4 is 21.1 Å². The lowest BCUT2D eigenvalue weighted by atomic mass is 9.99. The molecule has 6 heteroatoms. The summed E-state index contributed by atoms with van der Waals surface area (Å²) in [4.78, 5) is 23.5. The first-order chi connectivity index (χ1) is 12.0. The molecule has 0 aliphatic heterocycles. The van der Waals surface area contributed by atoms with Gasteiger partial charge in [-0.05, 0) is 42.9 Å². The van der Waals surface area contributed by atoms with Gasteiger partial charge in [-0.3, -0.25) is 9.59 Å². The minimum absolute atomic E-state index is 0.0411. The zero-order valence-corrected chi connectivity index (χ0v) is 15.1. The normalized spacial score (nSPS) is 16.0. The van der Waals surface area contributed by atoms with Gasteiger partial charge in [0.1, 0.15) is 5.75 Å². The summed E-state index contributed by atoms with van der Waals surface area (Å²) in [6, 6.07) is 7.45. The number of ether oxygens (including phenoxy) is 1. The zero-order valence-electron chi connectivity index (χ0n) is 15.1. The van der Waals surface area contributed by atoms with E-state index in [9.17, 15) is 9.59 Å². The van der Waals surface area contributed by atoms with Gasteiger partial charge in [-0.2, -0.15) is 0 Å². The molecule has 1 aliphatic rings. The van der Waals surface area contributed by atoms with E-state index < -0.39 is 6.04 Å². The van der Waals surface area contributed by atoms with E-state index >= 15 is 0 Å². The van der Waals surface area contributed by atoms with Crippen molar-refractivity contribution in [2.75, 3.05) is 13.2 Å². The summed E-state index contributed by atoms with van der Waals surface area (Å²) in [6.45, 7) is 4.59. The average molecular weight is 347 g/mol. The molecule has 2 atom stereocenters. The molecular weight excluding hydrogens is 318 g/mol. The van der Waals surface area contributed by atoms with Crippen LogP contribution in [0.2, 0.25) is 0 Å². The van der Waals surface area contributed by atoms with Crippen molar-refractivity contribution < 1.29 is 14.3 Å². The van der Waals surface area contributed by atoms with E-state index in [2.05, 4.69) is 10.6 Å². The van der Waals surface area contributed by atoms with Gasteiger partial charge < -0.3 is 21.1 Å². The number of amides is 2. The van der Waals surface area contributed by atoms with Crippen molar-refractivity contribution in [2.24, 2.45) is 11.7 Å². The molecule has 2 unspecified atom stereocenters. The lowest BCUT2D eigenvalue weighted by molar-refractivity contribution is -0.124. The predicted octanol–water partition coefficient (Wildman–Crippen LogP) is 1.38. The molecule has 1 aromatic rings. The number of carbonyl (C=O) groups excluding carboxylic acids is 2. The summed E-state index contributed by atoms with van der Waals surface area (Å²) in [5.41, 5.74) is 6.99. The van der Waals surface area contributed by atoms with Gasteiger partial charge in [0.15, 0.2) is 6.61 Å². The maximum Gasteiger partial charge on any atom is 0.258 e. The maximum atomic E-state index is 11.9. The Bertz CT molecular complexity index is 570. The number of hydrogen-bond acceptors (Lipinski definition) is 4. The van der Waals surface area contributed by atoms with Crippen molar-refractivity contribution >= 4 is 11.8 Å². The van der Waals surface area contributed by atoms with Crippen LogP contribution >= 0.6 is 0 Å². The van der Waals surface area contributed by atoms with Crippen molar-refractivity contribution in [3.8, 4) is 5.75 Å². The molecule has 0 spiro atoms. The highest BCUT2D eigenvalue weighted by atomic mass is 16.5. The summed E-state index contributed by atoms with van der Waals surface area (Å²) < 4.78 is 5.47. The monoisotopic (exact) mass is 347 g/mol. The SMILES string of the molecule is CCC(C)C(N)C(=O)NCCc1ccc(OCC(=O)NC2CC2)cc1. The topological polar surface area (TPSA) is 93.5 Å². The van der Waals surface area contributed by atoms with Crippen LogP contribution in [0.5, 0.6) is 5.75 Å². The minimum Gasteiger partial charge on any atom is -0.484 e. The minimum atomic E-state index is -0.456.